The van der Waals surface area contributed by atoms with Crippen molar-refractivity contribution in [3.63, 3.8) is 0 Å². The molecule has 0 aliphatic carbocycles. The molecule has 2 aromatic carbocycles. The molecule has 3 N–H and O–H groups in total. The molecule has 0 aromatic heterocycles. The first-order chi connectivity index (χ1) is 15.7. The van der Waals surface area contributed by atoms with Crippen LogP contribution in [0.2, 0.25) is 0 Å². The number of alkyl carbamates (subject to hydrolysis) is 1. The van der Waals surface area contributed by atoms with Crippen molar-refractivity contribution in [2.45, 2.75) is 59.2 Å². The third-order valence-electron chi connectivity index (χ3n) is 4.91. The Morgan fingerprint density at radius 2 is 1.24 bits per heavy atom. The van der Waals surface area contributed by atoms with Gasteiger partial charge >= 0.3 is 6.09 Å². The smallest absolute Gasteiger partial charge is 0.408 e. The number of carbonyl (C=O) groups is 3. The second kappa shape index (κ2) is 13.3. The van der Waals surface area contributed by atoms with Crippen molar-refractivity contribution in [1.82, 2.24) is 10.6 Å². The lowest BCUT2D eigenvalue weighted by Gasteiger charge is -2.25. The zero-order chi connectivity index (χ0) is 24.2. The molecule has 0 radical (unpaired) electrons. The summed E-state index contributed by atoms with van der Waals surface area (Å²) in [4.78, 5) is 38.3. The maximum absolute atomic E-state index is 13.1. The van der Waals surface area contributed by atoms with E-state index in [1.54, 1.807) is 12.1 Å². The minimum Gasteiger partial charge on any atom is -0.445 e. The van der Waals surface area contributed by atoms with Gasteiger partial charge in [-0.1, -0.05) is 76.2 Å². The second-order valence-corrected chi connectivity index (χ2v) is 8.93. The highest BCUT2D eigenvalue weighted by Gasteiger charge is 2.28. The van der Waals surface area contributed by atoms with Gasteiger partial charge in [-0.25, -0.2) is 4.79 Å². The molecule has 2 aromatic rings. The Labute approximate surface area is 196 Å². The van der Waals surface area contributed by atoms with Crippen LogP contribution < -0.4 is 16.0 Å². The number of hydrogen-bond donors (Lipinski definition) is 3. The summed E-state index contributed by atoms with van der Waals surface area (Å²) in [7, 11) is 0. The molecule has 7 nitrogen and oxygen atoms in total. The number of nitrogens with one attached hydrogen (secondary N) is 3. The van der Waals surface area contributed by atoms with Crippen molar-refractivity contribution in [3.8, 4) is 0 Å². The Kier molecular flexibility index (Phi) is 10.4. The molecule has 0 aliphatic heterocycles. The van der Waals surface area contributed by atoms with Gasteiger partial charge in [-0.3, -0.25) is 9.59 Å². The molecule has 0 heterocycles. The zero-order valence-corrected chi connectivity index (χ0v) is 19.8. The van der Waals surface area contributed by atoms with E-state index in [9.17, 15) is 14.4 Å². The number of hydrogen-bond acceptors (Lipinski definition) is 4. The number of carbonyl (C=O) groups excluding carboxylic acids is 3. The first-order valence-corrected chi connectivity index (χ1v) is 11.4. The number of ether oxygens (including phenoxy) is 1. The molecule has 0 saturated carbocycles. The van der Waals surface area contributed by atoms with Crippen LogP contribution in [0.3, 0.4) is 0 Å². The Morgan fingerprint density at radius 3 is 1.79 bits per heavy atom. The highest BCUT2D eigenvalue weighted by molar-refractivity contribution is 5.98. The monoisotopic (exact) mass is 453 g/mol. The number of anilines is 1. The fraction of sp³-hybridized carbons (Fsp3) is 0.423. The lowest BCUT2D eigenvalue weighted by Crippen LogP contribution is -2.53. The summed E-state index contributed by atoms with van der Waals surface area (Å²) in [5.74, 6) is -0.367. The summed E-state index contributed by atoms with van der Waals surface area (Å²) in [5.41, 5.74) is 1.51. The lowest BCUT2D eigenvalue weighted by atomic mass is 10.00. The van der Waals surface area contributed by atoms with Crippen LogP contribution in [0.15, 0.2) is 60.7 Å². The summed E-state index contributed by atoms with van der Waals surface area (Å²) in [6, 6.07) is 16.9. The molecule has 0 spiro atoms. The molecule has 3 amide bonds. The van der Waals surface area contributed by atoms with Gasteiger partial charge in [0.15, 0.2) is 0 Å². The maximum Gasteiger partial charge on any atom is 0.408 e. The van der Waals surface area contributed by atoms with E-state index in [0.717, 1.165) is 5.56 Å². The van der Waals surface area contributed by atoms with Crippen LogP contribution in [0.25, 0.3) is 0 Å². The molecule has 0 fully saturated rings. The largest absolute Gasteiger partial charge is 0.445 e. The summed E-state index contributed by atoms with van der Waals surface area (Å²) in [5, 5.41) is 8.34. The normalized spacial score (nSPS) is 12.7. The maximum atomic E-state index is 13.1. The zero-order valence-electron chi connectivity index (χ0n) is 19.8. The van der Waals surface area contributed by atoms with E-state index in [1.165, 1.54) is 0 Å². The Balaban J connectivity index is 2.02. The highest BCUT2D eigenvalue weighted by atomic mass is 16.5. The van der Waals surface area contributed by atoms with Crippen LogP contribution >= 0.6 is 0 Å². The third-order valence-corrected chi connectivity index (χ3v) is 4.91. The molecule has 2 atom stereocenters. The van der Waals surface area contributed by atoms with Crippen molar-refractivity contribution in [2.75, 3.05) is 5.32 Å². The topological polar surface area (TPSA) is 96.5 Å². The third kappa shape index (κ3) is 9.76. The Morgan fingerprint density at radius 1 is 0.727 bits per heavy atom. The summed E-state index contributed by atoms with van der Waals surface area (Å²) in [6.45, 7) is 8.01. The molecule has 33 heavy (non-hydrogen) atoms. The van der Waals surface area contributed by atoms with E-state index < -0.39 is 24.1 Å². The average molecular weight is 454 g/mol. The summed E-state index contributed by atoms with van der Waals surface area (Å²) in [6.07, 6.45) is 0.215. The predicted molar refractivity (Wildman–Crippen MR) is 129 cm³/mol. The van der Waals surface area contributed by atoms with E-state index >= 15 is 0 Å². The van der Waals surface area contributed by atoms with Gasteiger partial charge in [0.05, 0.1) is 0 Å². The minimum absolute atomic E-state index is 0.109. The van der Waals surface area contributed by atoms with Crippen molar-refractivity contribution in [1.29, 1.82) is 0 Å². The molecule has 7 heteroatoms. The van der Waals surface area contributed by atoms with E-state index in [2.05, 4.69) is 16.0 Å². The average Bonchev–Trinajstić information content (AvgIpc) is 2.77. The SMILES string of the molecule is CC(C)CC(NC(=O)OCc1ccccc1)C(=O)NC(CC(C)C)C(=O)Nc1ccccc1. The van der Waals surface area contributed by atoms with Gasteiger partial charge < -0.3 is 20.7 Å². The number of benzene rings is 2. The number of amides is 3. The van der Waals surface area contributed by atoms with Gasteiger partial charge in [-0.2, -0.15) is 0 Å². The minimum atomic E-state index is -0.813. The molecular formula is C26H35N3O4. The molecular weight excluding hydrogens is 418 g/mol. The van der Waals surface area contributed by atoms with E-state index in [0.29, 0.717) is 18.5 Å². The van der Waals surface area contributed by atoms with Crippen LogP contribution in [-0.4, -0.2) is 30.0 Å². The Hall–Kier alpha value is -3.35. The first-order valence-electron chi connectivity index (χ1n) is 11.4. The summed E-state index contributed by atoms with van der Waals surface area (Å²) >= 11 is 0. The van der Waals surface area contributed by atoms with Crippen molar-refractivity contribution in [2.24, 2.45) is 11.8 Å². The number of rotatable bonds is 11. The lowest BCUT2D eigenvalue weighted by molar-refractivity contribution is -0.128. The molecule has 0 bridgehead atoms. The molecule has 2 rings (SSSR count). The predicted octanol–water partition coefficient (Wildman–Crippen LogP) is 4.50. The van der Waals surface area contributed by atoms with Gasteiger partial charge in [0, 0.05) is 5.69 Å². The van der Waals surface area contributed by atoms with Gasteiger partial charge in [-0.05, 0) is 42.4 Å². The van der Waals surface area contributed by atoms with Gasteiger partial charge in [0.1, 0.15) is 18.7 Å². The second-order valence-electron chi connectivity index (χ2n) is 8.93. The van der Waals surface area contributed by atoms with Crippen molar-refractivity contribution >= 4 is 23.6 Å². The van der Waals surface area contributed by atoms with E-state index in [4.69, 9.17) is 4.74 Å². The van der Waals surface area contributed by atoms with E-state index in [-0.39, 0.29) is 24.3 Å². The van der Waals surface area contributed by atoms with Crippen LogP contribution in [0, 0.1) is 11.8 Å². The van der Waals surface area contributed by atoms with Gasteiger partial charge in [0.2, 0.25) is 11.8 Å². The Bertz CT molecular complexity index is 885. The van der Waals surface area contributed by atoms with Crippen molar-refractivity contribution in [3.05, 3.63) is 66.2 Å². The molecule has 2 unspecified atom stereocenters. The first kappa shape index (κ1) is 25.9. The van der Waals surface area contributed by atoms with Crippen LogP contribution in [0.1, 0.15) is 46.1 Å². The molecule has 0 saturated heterocycles. The summed E-state index contributed by atoms with van der Waals surface area (Å²) < 4.78 is 5.28. The van der Waals surface area contributed by atoms with Crippen LogP contribution in [0.5, 0.6) is 0 Å². The van der Waals surface area contributed by atoms with Crippen LogP contribution in [-0.2, 0) is 20.9 Å². The highest BCUT2D eigenvalue weighted by Crippen LogP contribution is 2.12. The van der Waals surface area contributed by atoms with E-state index in [1.807, 2.05) is 76.2 Å². The standard InChI is InChI=1S/C26H35N3O4/c1-18(2)15-22(24(30)27-21-13-9-6-10-14-21)28-25(31)23(16-19(3)4)29-26(32)33-17-20-11-7-5-8-12-20/h5-14,18-19,22-23H,15-17H2,1-4H3,(H,27,30)(H,28,31)(H,29,32). The fourth-order valence-electron chi connectivity index (χ4n) is 3.34. The van der Waals surface area contributed by atoms with Gasteiger partial charge in [0.25, 0.3) is 0 Å². The molecule has 0 aliphatic rings. The van der Waals surface area contributed by atoms with Crippen LogP contribution in [0.4, 0.5) is 10.5 Å². The fourth-order valence-corrected chi connectivity index (χ4v) is 3.34. The molecule has 178 valence electrons. The number of para-hydroxylation sites is 1. The quantitative estimate of drug-likeness (QED) is 0.467. The van der Waals surface area contributed by atoms with Gasteiger partial charge in [-0.15, -0.1) is 0 Å². The van der Waals surface area contributed by atoms with Crippen molar-refractivity contribution < 1.29 is 19.1 Å².